The highest BCUT2D eigenvalue weighted by atomic mass is 79.9. The van der Waals surface area contributed by atoms with E-state index < -0.39 is 0 Å². The Balaban J connectivity index is 0.000000251. The van der Waals surface area contributed by atoms with Gasteiger partial charge in [0.2, 0.25) is 0 Å². The second-order valence-corrected chi connectivity index (χ2v) is 8.96. The number of benzene rings is 2. The van der Waals surface area contributed by atoms with E-state index in [1.54, 1.807) is 12.1 Å². The van der Waals surface area contributed by atoms with E-state index >= 15 is 0 Å². The normalized spacial score (nSPS) is 11.6. The number of hydrogen-bond donors (Lipinski definition) is 0. The van der Waals surface area contributed by atoms with Crippen molar-refractivity contribution < 1.29 is 13.6 Å². The average Bonchev–Trinajstić information content (AvgIpc) is 2.44. The minimum atomic E-state index is -0.352. The molecule has 136 valence electrons. The van der Waals surface area contributed by atoms with E-state index in [1.165, 1.54) is 18.2 Å². The van der Waals surface area contributed by atoms with E-state index in [0.717, 1.165) is 15.6 Å². The summed E-state index contributed by atoms with van der Waals surface area (Å²) < 4.78 is 26.7. The standard InChI is InChI=1S/C11H13FO.C10H12BrF/c1-11(2,3)9-4-8(7-13)5-10(12)6-9;1-10(2,3)7-4-8(11)6-9(12)5-7/h4-7H,1-3H3;4-6H,1-3H3. The Hall–Kier alpha value is -1.55. The molecule has 4 heteroatoms. The van der Waals surface area contributed by atoms with Crippen LogP contribution in [0.15, 0.2) is 40.9 Å². The topological polar surface area (TPSA) is 17.1 Å². The molecule has 0 aliphatic rings. The van der Waals surface area contributed by atoms with Gasteiger partial charge >= 0.3 is 0 Å². The van der Waals surface area contributed by atoms with E-state index in [9.17, 15) is 13.6 Å². The Labute approximate surface area is 157 Å². The van der Waals surface area contributed by atoms with Gasteiger partial charge in [0.15, 0.2) is 0 Å². The van der Waals surface area contributed by atoms with Gasteiger partial charge in [0.25, 0.3) is 0 Å². The molecule has 0 bridgehead atoms. The minimum Gasteiger partial charge on any atom is -0.298 e. The molecule has 0 aliphatic heterocycles. The second-order valence-electron chi connectivity index (χ2n) is 8.05. The first-order valence-corrected chi connectivity index (χ1v) is 8.85. The first-order valence-electron chi connectivity index (χ1n) is 8.06. The van der Waals surface area contributed by atoms with E-state index in [0.29, 0.717) is 11.8 Å². The maximum absolute atomic E-state index is 13.0. The minimum absolute atomic E-state index is 0.00458. The largest absolute Gasteiger partial charge is 0.298 e. The van der Waals surface area contributed by atoms with Gasteiger partial charge < -0.3 is 0 Å². The Kier molecular flexibility index (Phi) is 7.07. The zero-order valence-electron chi connectivity index (χ0n) is 15.6. The lowest BCUT2D eigenvalue weighted by Crippen LogP contribution is -2.11. The van der Waals surface area contributed by atoms with Crippen molar-refractivity contribution in [2.45, 2.75) is 52.4 Å². The number of aldehydes is 1. The van der Waals surface area contributed by atoms with Crippen molar-refractivity contribution in [1.29, 1.82) is 0 Å². The van der Waals surface area contributed by atoms with Crippen LogP contribution in [0.25, 0.3) is 0 Å². The van der Waals surface area contributed by atoms with E-state index in [2.05, 4.69) is 36.7 Å². The summed E-state index contributed by atoms with van der Waals surface area (Å²) in [6.07, 6.45) is 0.665. The SMILES string of the molecule is CC(C)(C)c1cc(F)cc(Br)c1.CC(C)(C)c1cc(F)cc(C=O)c1. The third-order valence-electron chi connectivity index (χ3n) is 3.65. The van der Waals surface area contributed by atoms with Crippen LogP contribution < -0.4 is 0 Å². The van der Waals surface area contributed by atoms with Crippen LogP contribution >= 0.6 is 15.9 Å². The first kappa shape index (κ1) is 21.5. The third kappa shape index (κ3) is 7.07. The van der Waals surface area contributed by atoms with E-state index in [1.807, 2.05) is 26.8 Å². The maximum Gasteiger partial charge on any atom is 0.150 e. The van der Waals surface area contributed by atoms with Gasteiger partial charge in [-0.25, -0.2) is 8.78 Å². The Morgan fingerprint density at radius 1 is 0.760 bits per heavy atom. The number of rotatable bonds is 1. The highest BCUT2D eigenvalue weighted by Crippen LogP contribution is 2.26. The number of carbonyl (C=O) groups excluding carboxylic acids is 1. The van der Waals surface area contributed by atoms with Crippen LogP contribution in [-0.2, 0) is 10.8 Å². The van der Waals surface area contributed by atoms with Crippen LogP contribution in [0.5, 0.6) is 0 Å². The molecule has 2 aromatic rings. The first-order chi connectivity index (χ1) is 11.3. The highest BCUT2D eigenvalue weighted by Gasteiger charge is 2.15. The van der Waals surface area contributed by atoms with Crippen LogP contribution in [0.3, 0.4) is 0 Å². The van der Waals surface area contributed by atoms with Crippen LogP contribution in [0, 0.1) is 11.6 Å². The molecule has 0 N–H and O–H groups in total. The second kappa shape index (κ2) is 8.22. The molecule has 0 radical (unpaired) electrons. The Morgan fingerprint density at radius 2 is 1.20 bits per heavy atom. The van der Waals surface area contributed by atoms with Crippen molar-refractivity contribution >= 4 is 22.2 Å². The lowest BCUT2D eigenvalue weighted by atomic mass is 9.86. The molecule has 0 saturated heterocycles. The molecule has 1 nitrogen and oxygen atoms in total. The molecule has 0 aliphatic carbocycles. The van der Waals surface area contributed by atoms with Gasteiger partial charge in [0, 0.05) is 10.0 Å². The quantitative estimate of drug-likeness (QED) is 0.471. The summed E-state index contributed by atoms with van der Waals surface area (Å²) in [6, 6.07) is 9.41. The van der Waals surface area contributed by atoms with Crippen molar-refractivity contribution in [3.05, 3.63) is 69.2 Å². The van der Waals surface area contributed by atoms with Crippen molar-refractivity contribution in [3.63, 3.8) is 0 Å². The number of halogens is 3. The summed E-state index contributed by atoms with van der Waals surface area (Å²) in [5.74, 6) is -0.538. The zero-order chi connectivity index (χ0) is 19.4. The summed E-state index contributed by atoms with van der Waals surface area (Å²) in [5, 5.41) is 0. The monoisotopic (exact) mass is 410 g/mol. The molecule has 2 rings (SSSR count). The summed E-state index contributed by atoms with van der Waals surface area (Å²) >= 11 is 3.27. The van der Waals surface area contributed by atoms with Crippen LogP contribution in [-0.4, -0.2) is 6.29 Å². The number of carbonyl (C=O) groups is 1. The van der Waals surface area contributed by atoms with Gasteiger partial charge in [-0.3, -0.25) is 4.79 Å². The zero-order valence-corrected chi connectivity index (χ0v) is 17.2. The summed E-state index contributed by atoms with van der Waals surface area (Å²) in [5.41, 5.74) is 2.12. The molecule has 0 unspecified atom stereocenters. The average molecular weight is 411 g/mol. The fourth-order valence-corrected chi connectivity index (χ4v) is 2.57. The van der Waals surface area contributed by atoms with Crippen LogP contribution in [0.2, 0.25) is 0 Å². The molecule has 2 aromatic carbocycles. The third-order valence-corrected chi connectivity index (χ3v) is 4.11. The van der Waals surface area contributed by atoms with Gasteiger partial charge in [-0.1, -0.05) is 57.5 Å². The molecule has 0 heterocycles. The summed E-state index contributed by atoms with van der Waals surface area (Å²) in [7, 11) is 0. The Bertz CT molecular complexity index is 720. The summed E-state index contributed by atoms with van der Waals surface area (Å²) in [6.45, 7) is 12.1. The molecule has 0 fully saturated rings. The fraction of sp³-hybridized carbons (Fsp3) is 0.381. The fourth-order valence-electron chi connectivity index (χ4n) is 2.10. The van der Waals surface area contributed by atoms with Crippen molar-refractivity contribution in [2.24, 2.45) is 0 Å². The van der Waals surface area contributed by atoms with Crippen molar-refractivity contribution in [2.75, 3.05) is 0 Å². The van der Waals surface area contributed by atoms with Gasteiger partial charge in [-0.05, 0) is 58.4 Å². The molecule has 0 atom stereocenters. The lowest BCUT2D eigenvalue weighted by Gasteiger charge is -2.19. The maximum atomic E-state index is 13.0. The summed E-state index contributed by atoms with van der Waals surface area (Å²) in [4.78, 5) is 10.5. The molecule has 0 amide bonds. The predicted molar refractivity (Wildman–Crippen MR) is 103 cm³/mol. The van der Waals surface area contributed by atoms with Gasteiger partial charge in [0.1, 0.15) is 17.9 Å². The molecular weight excluding hydrogens is 386 g/mol. The molecule has 0 saturated carbocycles. The predicted octanol–water partition coefficient (Wildman–Crippen LogP) is 6.82. The van der Waals surface area contributed by atoms with E-state index in [-0.39, 0.29) is 22.5 Å². The molecular formula is C21H25BrF2O. The van der Waals surface area contributed by atoms with Gasteiger partial charge in [-0.2, -0.15) is 0 Å². The van der Waals surface area contributed by atoms with Gasteiger partial charge in [-0.15, -0.1) is 0 Å². The molecule has 0 spiro atoms. The lowest BCUT2D eigenvalue weighted by molar-refractivity contribution is 0.112. The molecule has 25 heavy (non-hydrogen) atoms. The van der Waals surface area contributed by atoms with Crippen LogP contribution in [0.1, 0.15) is 63.0 Å². The number of hydrogen-bond acceptors (Lipinski definition) is 1. The van der Waals surface area contributed by atoms with Crippen molar-refractivity contribution in [1.82, 2.24) is 0 Å². The molecule has 0 aromatic heterocycles. The highest BCUT2D eigenvalue weighted by molar-refractivity contribution is 9.10. The Morgan fingerprint density at radius 3 is 1.60 bits per heavy atom. The van der Waals surface area contributed by atoms with Crippen LogP contribution in [0.4, 0.5) is 8.78 Å². The van der Waals surface area contributed by atoms with Crippen molar-refractivity contribution in [3.8, 4) is 0 Å². The van der Waals surface area contributed by atoms with E-state index in [4.69, 9.17) is 0 Å². The smallest absolute Gasteiger partial charge is 0.150 e. The van der Waals surface area contributed by atoms with Gasteiger partial charge in [0.05, 0.1) is 0 Å².